The molecule has 6 nitrogen and oxygen atoms in total. The van der Waals surface area contributed by atoms with Crippen LogP contribution in [0.5, 0.6) is 0 Å². The lowest BCUT2D eigenvalue weighted by Crippen LogP contribution is -1.96. The van der Waals surface area contributed by atoms with Crippen molar-refractivity contribution >= 4 is 27.9 Å². The molecule has 0 atom stereocenters. The Bertz CT molecular complexity index is 673. The first-order chi connectivity index (χ1) is 8.16. The van der Waals surface area contributed by atoms with Crippen molar-refractivity contribution < 1.29 is 8.78 Å². The standard InChI is InChI=1S/C7H3ClF2N6S/c8-2-1-11-12-3(2)6-15-16-5(4(9)10)13-14-7(16)17-6/h1,4H,(H,11,12). The second kappa shape index (κ2) is 3.70. The minimum Gasteiger partial charge on any atom is -0.274 e. The maximum absolute atomic E-state index is 12.6. The van der Waals surface area contributed by atoms with Crippen LogP contribution in [0.25, 0.3) is 15.7 Å². The Kier molecular flexibility index (Phi) is 2.30. The smallest absolute Gasteiger partial charge is 0.274 e. The van der Waals surface area contributed by atoms with E-state index < -0.39 is 12.2 Å². The van der Waals surface area contributed by atoms with Crippen LogP contribution >= 0.6 is 22.9 Å². The van der Waals surface area contributed by atoms with E-state index in [-0.39, 0.29) is 4.96 Å². The molecule has 0 saturated heterocycles. The molecule has 0 saturated carbocycles. The number of fused-ring (bicyclic) bond motifs is 1. The van der Waals surface area contributed by atoms with Crippen molar-refractivity contribution in [2.24, 2.45) is 0 Å². The minimum atomic E-state index is -2.72. The Morgan fingerprint density at radius 3 is 2.88 bits per heavy atom. The van der Waals surface area contributed by atoms with Gasteiger partial charge in [0, 0.05) is 0 Å². The highest BCUT2D eigenvalue weighted by molar-refractivity contribution is 7.19. The minimum absolute atomic E-state index is 0.279. The Morgan fingerprint density at radius 2 is 2.24 bits per heavy atom. The van der Waals surface area contributed by atoms with Crippen LogP contribution in [0.15, 0.2) is 6.20 Å². The quantitative estimate of drug-likeness (QED) is 0.778. The van der Waals surface area contributed by atoms with Crippen molar-refractivity contribution in [2.45, 2.75) is 6.43 Å². The third-order valence-electron chi connectivity index (χ3n) is 2.02. The van der Waals surface area contributed by atoms with Crippen LogP contribution in [0, 0.1) is 0 Å². The van der Waals surface area contributed by atoms with Gasteiger partial charge in [-0.3, -0.25) is 5.10 Å². The van der Waals surface area contributed by atoms with Crippen molar-refractivity contribution in [1.82, 2.24) is 30.0 Å². The lowest BCUT2D eigenvalue weighted by molar-refractivity contribution is 0.137. The molecule has 0 unspecified atom stereocenters. The maximum Gasteiger partial charge on any atom is 0.299 e. The second-order valence-electron chi connectivity index (χ2n) is 3.05. The van der Waals surface area contributed by atoms with Gasteiger partial charge in [-0.15, -0.1) is 10.2 Å². The molecule has 0 bridgehead atoms. The number of nitrogens with zero attached hydrogens (tertiary/aromatic N) is 5. The number of hydrogen-bond acceptors (Lipinski definition) is 5. The first-order valence-corrected chi connectivity index (χ1v) is 5.56. The monoisotopic (exact) mass is 276 g/mol. The summed E-state index contributed by atoms with van der Waals surface area (Å²) in [6, 6.07) is 0. The molecule has 1 N–H and O–H groups in total. The fourth-order valence-corrected chi connectivity index (χ4v) is 2.38. The van der Waals surface area contributed by atoms with E-state index >= 15 is 0 Å². The normalized spacial score (nSPS) is 11.8. The summed E-state index contributed by atoms with van der Waals surface area (Å²) in [5.41, 5.74) is 0.474. The molecule has 0 amide bonds. The summed E-state index contributed by atoms with van der Waals surface area (Å²) in [4.78, 5) is 0.279. The van der Waals surface area contributed by atoms with Crippen molar-refractivity contribution in [3.63, 3.8) is 0 Å². The molecule has 0 spiro atoms. The highest BCUT2D eigenvalue weighted by Crippen LogP contribution is 2.30. The van der Waals surface area contributed by atoms with Gasteiger partial charge in [-0.25, -0.2) is 8.78 Å². The molecule has 3 heterocycles. The number of H-pyrrole nitrogens is 1. The molecule has 0 aliphatic heterocycles. The molecule has 3 rings (SSSR count). The number of aromatic amines is 1. The van der Waals surface area contributed by atoms with Crippen LogP contribution < -0.4 is 0 Å². The second-order valence-corrected chi connectivity index (χ2v) is 4.42. The fourth-order valence-electron chi connectivity index (χ4n) is 1.29. The molecule has 0 aromatic carbocycles. The summed E-state index contributed by atoms with van der Waals surface area (Å²) >= 11 is 6.95. The van der Waals surface area contributed by atoms with Gasteiger partial charge in [-0.2, -0.15) is 14.7 Å². The van der Waals surface area contributed by atoms with E-state index in [1.54, 1.807) is 0 Å². The fraction of sp³-hybridized carbons (Fsp3) is 0.143. The van der Waals surface area contributed by atoms with Crippen LogP contribution in [0.1, 0.15) is 12.2 Å². The van der Waals surface area contributed by atoms with Gasteiger partial charge in [0.1, 0.15) is 5.69 Å². The molecule has 17 heavy (non-hydrogen) atoms. The topological polar surface area (TPSA) is 71.8 Å². The van der Waals surface area contributed by atoms with E-state index in [1.165, 1.54) is 6.20 Å². The van der Waals surface area contributed by atoms with E-state index in [9.17, 15) is 8.78 Å². The zero-order valence-electron chi connectivity index (χ0n) is 7.93. The Morgan fingerprint density at radius 1 is 1.41 bits per heavy atom. The zero-order chi connectivity index (χ0) is 12.0. The molecule has 0 radical (unpaired) electrons. The van der Waals surface area contributed by atoms with Crippen LogP contribution in [-0.2, 0) is 0 Å². The number of nitrogens with one attached hydrogen (secondary N) is 1. The van der Waals surface area contributed by atoms with E-state index in [0.29, 0.717) is 15.7 Å². The highest BCUT2D eigenvalue weighted by Gasteiger charge is 2.20. The van der Waals surface area contributed by atoms with Gasteiger partial charge in [0.25, 0.3) is 6.43 Å². The Balaban J connectivity index is 2.18. The summed E-state index contributed by atoms with van der Waals surface area (Å²) in [5, 5.41) is 18.1. The van der Waals surface area contributed by atoms with E-state index in [1.807, 2.05) is 0 Å². The molecule has 3 aromatic heterocycles. The molecular weight excluding hydrogens is 274 g/mol. The van der Waals surface area contributed by atoms with Crippen LogP contribution in [0.3, 0.4) is 0 Å². The summed E-state index contributed by atoms with van der Waals surface area (Å²) in [5.74, 6) is -0.488. The van der Waals surface area contributed by atoms with Crippen LogP contribution in [0.4, 0.5) is 8.78 Å². The largest absolute Gasteiger partial charge is 0.299 e. The van der Waals surface area contributed by atoms with Crippen LogP contribution in [0.2, 0.25) is 5.02 Å². The zero-order valence-corrected chi connectivity index (χ0v) is 9.51. The van der Waals surface area contributed by atoms with Crippen molar-refractivity contribution in [1.29, 1.82) is 0 Å². The molecule has 10 heteroatoms. The molecule has 88 valence electrons. The average Bonchev–Trinajstić information content (AvgIpc) is 2.89. The van der Waals surface area contributed by atoms with E-state index in [4.69, 9.17) is 11.6 Å². The SMILES string of the molecule is FC(F)c1nnc2sc(-c3[nH]ncc3Cl)nn12. The number of hydrogen-bond donors (Lipinski definition) is 1. The van der Waals surface area contributed by atoms with Gasteiger partial charge in [0.2, 0.25) is 10.8 Å². The van der Waals surface area contributed by atoms with Gasteiger partial charge in [0.15, 0.2) is 5.01 Å². The molecule has 0 aliphatic rings. The predicted molar refractivity (Wildman–Crippen MR) is 56.2 cm³/mol. The average molecular weight is 277 g/mol. The summed E-state index contributed by atoms with van der Waals surface area (Å²) in [7, 11) is 0. The van der Waals surface area contributed by atoms with E-state index in [0.717, 1.165) is 15.9 Å². The van der Waals surface area contributed by atoms with Gasteiger partial charge < -0.3 is 0 Å². The number of alkyl halides is 2. The first kappa shape index (κ1) is 10.5. The maximum atomic E-state index is 12.6. The number of rotatable bonds is 2. The van der Waals surface area contributed by atoms with Crippen LogP contribution in [-0.4, -0.2) is 30.0 Å². The summed E-state index contributed by atoms with van der Waals surface area (Å²) in [6.45, 7) is 0. The lowest BCUT2D eigenvalue weighted by Gasteiger charge is -1.92. The third-order valence-corrected chi connectivity index (χ3v) is 3.22. The van der Waals surface area contributed by atoms with Gasteiger partial charge in [-0.05, 0) is 0 Å². The Hall–Kier alpha value is -1.61. The molecule has 3 aromatic rings. The summed E-state index contributed by atoms with van der Waals surface area (Å²) < 4.78 is 26.1. The lowest BCUT2D eigenvalue weighted by atomic mass is 10.5. The third kappa shape index (κ3) is 1.58. The predicted octanol–water partition coefficient (Wildman–Crippen LogP) is 2.17. The van der Waals surface area contributed by atoms with Gasteiger partial charge in [-0.1, -0.05) is 22.9 Å². The Labute approximate surface area is 101 Å². The van der Waals surface area contributed by atoms with E-state index in [2.05, 4.69) is 25.5 Å². The van der Waals surface area contributed by atoms with Gasteiger partial charge >= 0.3 is 0 Å². The molecular formula is C7H3ClF2N6S. The highest BCUT2D eigenvalue weighted by atomic mass is 35.5. The van der Waals surface area contributed by atoms with Gasteiger partial charge in [0.05, 0.1) is 11.2 Å². The number of halogens is 3. The first-order valence-electron chi connectivity index (χ1n) is 4.36. The van der Waals surface area contributed by atoms with Crippen molar-refractivity contribution in [3.8, 4) is 10.7 Å². The molecule has 0 aliphatic carbocycles. The summed E-state index contributed by atoms with van der Waals surface area (Å²) in [6.07, 6.45) is -1.31. The van der Waals surface area contributed by atoms with Crippen molar-refractivity contribution in [3.05, 3.63) is 17.0 Å². The van der Waals surface area contributed by atoms with Crippen molar-refractivity contribution in [2.75, 3.05) is 0 Å². The number of aromatic nitrogens is 6. The molecule has 0 fully saturated rings.